The summed E-state index contributed by atoms with van der Waals surface area (Å²) in [6, 6.07) is 17.4. The number of hydrogen-bond donors (Lipinski definition) is 1. The standard InChI is InChI=1S/C23H24N4O4S/c1-18-8-9-21(31-2)22(14-18)32(29,30)27(16-20-6-4-3-5-7-20)17-23(28)26-25-15-19-10-12-24-13-11-19/h3-15H,16-17H2,1-2H3,(H,26,28)/b25-15+. The number of sulfonamides is 1. The van der Waals surface area contributed by atoms with Crippen molar-refractivity contribution >= 4 is 22.1 Å². The number of aromatic nitrogens is 1. The largest absolute Gasteiger partial charge is 0.495 e. The molecule has 0 aliphatic heterocycles. The molecule has 2 aromatic carbocycles. The molecule has 1 aromatic heterocycles. The van der Waals surface area contributed by atoms with E-state index in [1.54, 1.807) is 55.7 Å². The molecule has 1 N–H and O–H groups in total. The first kappa shape index (κ1) is 23.1. The first-order chi connectivity index (χ1) is 15.4. The Bertz CT molecular complexity index is 1180. The summed E-state index contributed by atoms with van der Waals surface area (Å²) in [5, 5.41) is 3.91. The summed E-state index contributed by atoms with van der Waals surface area (Å²) in [5.74, 6) is -0.355. The third-order valence-corrected chi connectivity index (χ3v) is 6.38. The molecule has 1 amide bonds. The van der Waals surface area contributed by atoms with Gasteiger partial charge in [0.1, 0.15) is 10.6 Å². The van der Waals surface area contributed by atoms with Crippen LogP contribution in [-0.4, -0.2) is 43.5 Å². The molecule has 0 fully saturated rings. The Morgan fingerprint density at radius 3 is 2.53 bits per heavy atom. The number of rotatable bonds is 9. The van der Waals surface area contributed by atoms with Crippen molar-refractivity contribution < 1.29 is 17.9 Å². The molecule has 0 saturated carbocycles. The van der Waals surface area contributed by atoms with E-state index in [1.165, 1.54) is 19.4 Å². The van der Waals surface area contributed by atoms with Gasteiger partial charge in [0.15, 0.2) is 0 Å². The number of hydrazone groups is 1. The minimum absolute atomic E-state index is 0.00372. The van der Waals surface area contributed by atoms with E-state index in [1.807, 2.05) is 18.2 Å². The van der Waals surface area contributed by atoms with Crippen LogP contribution in [0.1, 0.15) is 16.7 Å². The number of carbonyl (C=O) groups is 1. The Labute approximate surface area is 187 Å². The smallest absolute Gasteiger partial charge is 0.255 e. The lowest BCUT2D eigenvalue weighted by Gasteiger charge is -2.23. The zero-order chi connectivity index (χ0) is 23.0. The molecule has 0 bridgehead atoms. The minimum Gasteiger partial charge on any atom is -0.495 e. The summed E-state index contributed by atoms with van der Waals surface area (Å²) in [7, 11) is -2.64. The predicted octanol–water partition coefficient (Wildman–Crippen LogP) is 2.74. The van der Waals surface area contributed by atoms with E-state index in [-0.39, 0.29) is 17.2 Å². The summed E-state index contributed by atoms with van der Waals surface area (Å²) in [6.07, 6.45) is 4.67. The van der Waals surface area contributed by atoms with Crippen molar-refractivity contribution in [3.05, 3.63) is 89.7 Å². The quantitative estimate of drug-likeness (QED) is 0.397. The molecule has 9 heteroatoms. The maximum absolute atomic E-state index is 13.5. The number of amides is 1. The van der Waals surface area contributed by atoms with Crippen molar-refractivity contribution in [1.29, 1.82) is 0 Å². The van der Waals surface area contributed by atoms with E-state index < -0.39 is 22.5 Å². The van der Waals surface area contributed by atoms with Gasteiger partial charge >= 0.3 is 0 Å². The second-order valence-corrected chi connectivity index (χ2v) is 8.89. The van der Waals surface area contributed by atoms with Gasteiger partial charge in [-0.15, -0.1) is 0 Å². The van der Waals surface area contributed by atoms with E-state index in [2.05, 4.69) is 15.5 Å². The van der Waals surface area contributed by atoms with Crippen molar-refractivity contribution in [3.8, 4) is 5.75 Å². The number of hydrogen-bond acceptors (Lipinski definition) is 6. The average Bonchev–Trinajstić information content (AvgIpc) is 2.80. The number of ether oxygens (including phenoxy) is 1. The van der Waals surface area contributed by atoms with Crippen LogP contribution in [-0.2, 0) is 21.4 Å². The molecule has 0 atom stereocenters. The van der Waals surface area contributed by atoms with Crippen molar-refractivity contribution in [2.45, 2.75) is 18.4 Å². The van der Waals surface area contributed by atoms with E-state index in [0.717, 1.165) is 21.0 Å². The number of aryl methyl sites for hydroxylation is 1. The molecular weight excluding hydrogens is 428 g/mol. The topological polar surface area (TPSA) is 101 Å². The zero-order valence-electron chi connectivity index (χ0n) is 17.8. The van der Waals surface area contributed by atoms with Crippen molar-refractivity contribution in [2.75, 3.05) is 13.7 Å². The molecule has 32 heavy (non-hydrogen) atoms. The lowest BCUT2D eigenvalue weighted by atomic mass is 10.2. The van der Waals surface area contributed by atoms with Gasteiger partial charge in [0.05, 0.1) is 19.9 Å². The first-order valence-electron chi connectivity index (χ1n) is 9.81. The molecule has 0 saturated heterocycles. The third-order valence-electron chi connectivity index (χ3n) is 4.57. The number of pyridine rings is 1. The lowest BCUT2D eigenvalue weighted by molar-refractivity contribution is -0.121. The second-order valence-electron chi connectivity index (χ2n) is 6.99. The average molecular weight is 453 g/mol. The molecule has 0 spiro atoms. The zero-order valence-corrected chi connectivity index (χ0v) is 18.6. The van der Waals surface area contributed by atoms with Crippen LogP contribution >= 0.6 is 0 Å². The molecule has 0 unspecified atom stereocenters. The summed E-state index contributed by atoms with van der Waals surface area (Å²) in [4.78, 5) is 16.5. The molecular formula is C23H24N4O4S. The van der Waals surface area contributed by atoms with E-state index in [4.69, 9.17) is 4.74 Å². The molecule has 3 rings (SSSR count). The minimum atomic E-state index is -4.05. The number of methoxy groups -OCH3 is 1. The van der Waals surface area contributed by atoms with Gasteiger partial charge in [-0.1, -0.05) is 36.4 Å². The van der Waals surface area contributed by atoms with Crippen molar-refractivity contribution in [2.24, 2.45) is 5.10 Å². The van der Waals surface area contributed by atoms with Gasteiger partial charge in [-0.2, -0.15) is 9.41 Å². The highest BCUT2D eigenvalue weighted by atomic mass is 32.2. The normalized spacial score (nSPS) is 11.6. The fraction of sp³-hybridized carbons (Fsp3) is 0.174. The second kappa shape index (κ2) is 10.7. The third kappa shape index (κ3) is 5.99. The van der Waals surface area contributed by atoms with Gasteiger partial charge in [-0.3, -0.25) is 9.78 Å². The maximum Gasteiger partial charge on any atom is 0.255 e. The fourth-order valence-electron chi connectivity index (χ4n) is 2.96. The van der Waals surface area contributed by atoms with Gasteiger partial charge < -0.3 is 4.74 Å². The highest BCUT2D eigenvalue weighted by molar-refractivity contribution is 7.89. The molecule has 166 valence electrons. The number of nitrogens with one attached hydrogen (secondary N) is 1. The first-order valence-corrected chi connectivity index (χ1v) is 11.2. The van der Waals surface area contributed by atoms with Crippen LogP contribution in [0.15, 0.2) is 83.1 Å². The Hall–Kier alpha value is -3.56. The Balaban J connectivity index is 1.86. The van der Waals surface area contributed by atoms with Gasteiger partial charge in [-0.25, -0.2) is 13.8 Å². The molecule has 0 aliphatic rings. The monoisotopic (exact) mass is 452 g/mol. The van der Waals surface area contributed by atoms with Crippen molar-refractivity contribution in [1.82, 2.24) is 14.7 Å². The molecule has 0 radical (unpaired) electrons. The van der Waals surface area contributed by atoms with Crippen LogP contribution in [0.3, 0.4) is 0 Å². The molecule has 0 aliphatic carbocycles. The number of nitrogens with zero attached hydrogens (tertiary/aromatic N) is 3. The Morgan fingerprint density at radius 1 is 1.12 bits per heavy atom. The predicted molar refractivity (Wildman–Crippen MR) is 122 cm³/mol. The van der Waals surface area contributed by atoms with Crippen LogP contribution in [0.25, 0.3) is 0 Å². The Kier molecular flexibility index (Phi) is 7.69. The van der Waals surface area contributed by atoms with Gasteiger partial charge in [-0.05, 0) is 47.9 Å². The molecule has 3 aromatic rings. The fourth-order valence-corrected chi connectivity index (χ4v) is 4.59. The summed E-state index contributed by atoms with van der Waals surface area (Å²) in [5.41, 5.74) is 4.64. The maximum atomic E-state index is 13.5. The SMILES string of the molecule is COc1ccc(C)cc1S(=O)(=O)N(CC(=O)N/N=C/c1ccncc1)Cc1ccccc1. The van der Waals surface area contributed by atoms with E-state index in [9.17, 15) is 13.2 Å². The van der Waals surface area contributed by atoms with E-state index >= 15 is 0 Å². The summed E-state index contributed by atoms with van der Waals surface area (Å²) in [6.45, 7) is 1.39. The highest BCUT2D eigenvalue weighted by Gasteiger charge is 2.30. The van der Waals surface area contributed by atoms with Crippen LogP contribution in [0.4, 0.5) is 0 Å². The highest BCUT2D eigenvalue weighted by Crippen LogP contribution is 2.28. The molecule has 8 nitrogen and oxygen atoms in total. The van der Waals surface area contributed by atoms with Crippen LogP contribution in [0, 0.1) is 6.92 Å². The van der Waals surface area contributed by atoms with E-state index in [0.29, 0.717) is 0 Å². The summed E-state index contributed by atoms with van der Waals surface area (Å²) < 4.78 is 33.4. The number of carbonyl (C=O) groups excluding carboxylic acids is 1. The van der Waals surface area contributed by atoms with Gasteiger partial charge in [0.2, 0.25) is 10.0 Å². The number of benzene rings is 2. The van der Waals surface area contributed by atoms with Crippen LogP contribution in [0.2, 0.25) is 0 Å². The molecule has 1 heterocycles. The summed E-state index contributed by atoms with van der Waals surface area (Å²) >= 11 is 0. The van der Waals surface area contributed by atoms with Gasteiger partial charge in [0.25, 0.3) is 5.91 Å². The van der Waals surface area contributed by atoms with Crippen LogP contribution < -0.4 is 10.2 Å². The van der Waals surface area contributed by atoms with Gasteiger partial charge in [0, 0.05) is 18.9 Å². The van der Waals surface area contributed by atoms with Crippen LogP contribution in [0.5, 0.6) is 5.75 Å². The lowest BCUT2D eigenvalue weighted by Crippen LogP contribution is -2.39. The Morgan fingerprint density at radius 2 is 1.84 bits per heavy atom. The van der Waals surface area contributed by atoms with Crippen molar-refractivity contribution in [3.63, 3.8) is 0 Å².